The number of anilines is 1. The molecule has 2 heterocycles. The topological polar surface area (TPSA) is 19.4 Å². The Hall–Kier alpha value is -3.07. The Kier molecular flexibility index (Phi) is 4.21. The number of benzene rings is 2. The molecule has 0 fully saturated rings. The Morgan fingerprint density at radius 3 is 2.19 bits per heavy atom. The monoisotopic (exact) mass is 341 g/mol. The predicted octanol–water partition coefficient (Wildman–Crippen LogP) is 5.23. The minimum Gasteiger partial charge on any atom is -0.348 e. The molecule has 0 saturated heterocycles. The Labute approximate surface area is 155 Å². The summed E-state index contributed by atoms with van der Waals surface area (Å²) in [6.45, 7) is 5.26. The number of nitrogens with zero attached hydrogens (tertiary/aromatic N) is 3. The van der Waals surface area contributed by atoms with Gasteiger partial charge in [0.25, 0.3) is 0 Å². The fourth-order valence-corrected chi connectivity index (χ4v) is 3.26. The lowest BCUT2D eigenvalue weighted by Crippen LogP contribution is -2.40. The SMILES string of the molecule is CC(C)(c1cccc(-c2ccccc2)n1)N1C=CN(c2ccccc2)C1. The van der Waals surface area contributed by atoms with Crippen LogP contribution in [0.2, 0.25) is 0 Å². The highest BCUT2D eigenvalue weighted by atomic mass is 15.4. The zero-order valence-electron chi connectivity index (χ0n) is 15.2. The van der Waals surface area contributed by atoms with Crippen molar-refractivity contribution in [3.05, 3.63) is 97.0 Å². The van der Waals surface area contributed by atoms with Gasteiger partial charge >= 0.3 is 0 Å². The highest BCUT2D eigenvalue weighted by Gasteiger charge is 2.31. The Morgan fingerprint density at radius 1 is 0.769 bits per heavy atom. The van der Waals surface area contributed by atoms with Gasteiger partial charge in [0.05, 0.1) is 23.6 Å². The van der Waals surface area contributed by atoms with Gasteiger partial charge in [-0.25, -0.2) is 0 Å². The number of hydrogen-bond acceptors (Lipinski definition) is 3. The summed E-state index contributed by atoms with van der Waals surface area (Å²) >= 11 is 0. The Morgan fingerprint density at radius 2 is 1.46 bits per heavy atom. The van der Waals surface area contributed by atoms with E-state index in [0.717, 1.165) is 23.6 Å². The molecule has 0 atom stereocenters. The van der Waals surface area contributed by atoms with Gasteiger partial charge in [0.2, 0.25) is 0 Å². The van der Waals surface area contributed by atoms with Gasteiger partial charge in [-0.2, -0.15) is 0 Å². The van der Waals surface area contributed by atoms with Crippen LogP contribution in [0.1, 0.15) is 19.5 Å². The predicted molar refractivity (Wildman–Crippen MR) is 107 cm³/mol. The zero-order valence-corrected chi connectivity index (χ0v) is 15.2. The van der Waals surface area contributed by atoms with Crippen LogP contribution in [0.3, 0.4) is 0 Å². The maximum absolute atomic E-state index is 4.96. The minimum atomic E-state index is -0.204. The number of pyridine rings is 1. The maximum Gasteiger partial charge on any atom is 0.0950 e. The normalized spacial score (nSPS) is 14.1. The average molecular weight is 341 g/mol. The van der Waals surface area contributed by atoms with Crippen LogP contribution in [0.5, 0.6) is 0 Å². The number of rotatable bonds is 4. The van der Waals surface area contributed by atoms with E-state index in [0.29, 0.717) is 0 Å². The summed E-state index contributed by atoms with van der Waals surface area (Å²) in [7, 11) is 0. The molecule has 0 unspecified atom stereocenters. The van der Waals surface area contributed by atoms with Crippen molar-refractivity contribution < 1.29 is 0 Å². The minimum absolute atomic E-state index is 0.204. The first-order valence-electron chi connectivity index (χ1n) is 8.94. The van der Waals surface area contributed by atoms with Crippen LogP contribution in [0, 0.1) is 0 Å². The number of aromatic nitrogens is 1. The van der Waals surface area contributed by atoms with Crippen LogP contribution in [0.15, 0.2) is 91.3 Å². The average Bonchev–Trinajstić information content (AvgIpc) is 3.21. The summed E-state index contributed by atoms with van der Waals surface area (Å²) in [6.07, 6.45) is 4.29. The van der Waals surface area contributed by atoms with E-state index in [-0.39, 0.29) is 5.54 Å². The summed E-state index contributed by atoms with van der Waals surface area (Å²) in [5.41, 5.74) is 4.23. The molecule has 0 spiro atoms. The van der Waals surface area contributed by atoms with Crippen LogP contribution in [-0.2, 0) is 5.54 Å². The molecule has 0 aliphatic carbocycles. The molecule has 26 heavy (non-hydrogen) atoms. The van der Waals surface area contributed by atoms with E-state index in [2.05, 4.69) is 103 Å². The van der Waals surface area contributed by atoms with Crippen molar-refractivity contribution in [3.8, 4) is 11.3 Å². The van der Waals surface area contributed by atoms with Crippen molar-refractivity contribution >= 4 is 5.69 Å². The molecule has 0 amide bonds. The van der Waals surface area contributed by atoms with Gasteiger partial charge in [-0.3, -0.25) is 4.98 Å². The summed E-state index contributed by atoms with van der Waals surface area (Å²) in [4.78, 5) is 9.55. The highest BCUT2D eigenvalue weighted by Crippen LogP contribution is 2.32. The molecule has 0 N–H and O–H groups in total. The van der Waals surface area contributed by atoms with Crippen molar-refractivity contribution in [2.45, 2.75) is 19.4 Å². The molecule has 1 aliphatic rings. The molecule has 0 saturated carbocycles. The molecular weight excluding hydrogens is 318 g/mol. The van der Waals surface area contributed by atoms with E-state index < -0.39 is 0 Å². The molecule has 3 nitrogen and oxygen atoms in total. The molecule has 3 aromatic rings. The third-order valence-corrected chi connectivity index (χ3v) is 4.98. The molecule has 1 aromatic heterocycles. The van der Waals surface area contributed by atoms with Crippen LogP contribution in [0.4, 0.5) is 5.69 Å². The van der Waals surface area contributed by atoms with E-state index in [1.165, 1.54) is 5.69 Å². The quantitative estimate of drug-likeness (QED) is 0.647. The van der Waals surface area contributed by atoms with Crippen LogP contribution >= 0.6 is 0 Å². The second-order valence-corrected chi connectivity index (χ2v) is 7.05. The van der Waals surface area contributed by atoms with Crippen molar-refractivity contribution in [1.82, 2.24) is 9.88 Å². The van der Waals surface area contributed by atoms with Gasteiger partial charge in [0.1, 0.15) is 0 Å². The third kappa shape index (κ3) is 3.08. The first-order chi connectivity index (χ1) is 12.6. The largest absolute Gasteiger partial charge is 0.348 e. The second-order valence-electron chi connectivity index (χ2n) is 7.05. The molecule has 0 bridgehead atoms. The van der Waals surface area contributed by atoms with Crippen molar-refractivity contribution in [1.29, 1.82) is 0 Å². The fraction of sp³-hybridized carbons (Fsp3) is 0.174. The van der Waals surface area contributed by atoms with E-state index in [1.54, 1.807) is 0 Å². The molecular formula is C23H23N3. The van der Waals surface area contributed by atoms with Gasteiger partial charge in [-0.05, 0) is 38.1 Å². The lowest BCUT2D eigenvalue weighted by Gasteiger charge is -2.36. The maximum atomic E-state index is 4.96. The van der Waals surface area contributed by atoms with Crippen LogP contribution < -0.4 is 4.90 Å². The third-order valence-electron chi connectivity index (χ3n) is 4.98. The summed E-state index contributed by atoms with van der Waals surface area (Å²) in [5, 5.41) is 0. The molecule has 4 rings (SSSR count). The zero-order chi connectivity index (χ0) is 18.0. The lowest BCUT2D eigenvalue weighted by atomic mass is 9.97. The van der Waals surface area contributed by atoms with E-state index in [1.807, 2.05) is 12.1 Å². The lowest BCUT2D eigenvalue weighted by molar-refractivity contribution is 0.196. The molecule has 0 radical (unpaired) electrons. The second kappa shape index (κ2) is 6.68. The first kappa shape index (κ1) is 16.4. The van der Waals surface area contributed by atoms with Gasteiger partial charge in [-0.15, -0.1) is 0 Å². The van der Waals surface area contributed by atoms with E-state index in [9.17, 15) is 0 Å². The summed E-state index contributed by atoms with van der Waals surface area (Å²) in [5.74, 6) is 0. The van der Waals surface area contributed by atoms with Gasteiger partial charge in [-0.1, -0.05) is 54.6 Å². The Balaban J connectivity index is 1.59. The van der Waals surface area contributed by atoms with Crippen molar-refractivity contribution in [2.75, 3.05) is 11.6 Å². The van der Waals surface area contributed by atoms with Crippen LogP contribution in [0.25, 0.3) is 11.3 Å². The first-order valence-corrected chi connectivity index (χ1v) is 8.94. The molecule has 2 aromatic carbocycles. The van der Waals surface area contributed by atoms with Gasteiger partial charge in [0, 0.05) is 23.7 Å². The van der Waals surface area contributed by atoms with E-state index >= 15 is 0 Å². The summed E-state index contributed by atoms with van der Waals surface area (Å²) < 4.78 is 0. The van der Waals surface area contributed by atoms with Crippen LogP contribution in [-0.4, -0.2) is 16.6 Å². The van der Waals surface area contributed by atoms with Crippen molar-refractivity contribution in [3.63, 3.8) is 0 Å². The number of para-hydroxylation sites is 1. The van der Waals surface area contributed by atoms with Gasteiger partial charge < -0.3 is 9.80 Å². The fourth-order valence-electron chi connectivity index (χ4n) is 3.26. The number of hydrogen-bond donors (Lipinski definition) is 0. The highest BCUT2D eigenvalue weighted by molar-refractivity contribution is 5.59. The van der Waals surface area contributed by atoms with Crippen molar-refractivity contribution in [2.24, 2.45) is 0 Å². The molecule has 3 heteroatoms. The molecule has 1 aliphatic heterocycles. The smallest absolute Gasteiger partial charge is 0.0950 e. The van der Waals surface area contributed by atoms with E-state index in [4.69, 9.17) is 4.98 Å². The Bertz CT molecular complexity index is 901. The molecule has 130 valence electrons. The summed E-state index contributed by atoms with van der Waals surface area (Å²) in [6, 6.07) is 27.1. The van der Waals surface area contributed by atoms with Gasteiger partial charge in [0.15, 0.2) is 0 Å². The standard InChI is InChI=1S/C23H23N3/c1-23(2,26-17-16-25(18-26)20-12-7-4-8-13-20)22-15-9-14-21(24-22)19-10-5-3-6-11-19/h3-17H,18H2,1-2H3.